The van der Waals surface area contributed by atoms with Gasteiger partial charge in [0.1, 0.15) is 22.1 Å². The Hall–Kier alpha value is -3.76. The average molecular weight is 544 g/mol. The maximum Gasteiger partial charge on any atom is 0.328 e. The fourth-order valence-corrected chi connectivity index (χ4v) is 4.91. The second kappa shape index (κ2) is 13.7. The van der Waals surface area contributed by atoms with Gasteiger partial charge in [-0.25, -0.2) is 9.78 Å². The van der Waals surface area contributed by atoms with Gasteiger partial charge in [-0.3, -0.25) is 8.94 Å². The molecule has 1 heterocycles. The number of ether oxygens (including phenoxy) is 2. The lowest BCUT2D eigenvalue weighted by Crippen LogP contribution is -2.07. The lowest BCUT2D eigenvalue weighted by molar-refractivity contribution is -0.131. The molecule has 0 saturated carbocycles. The highest BCUT2D eigenvalue weighted by atomic mass is 32.2. The van der Waals surface area contributed by atoms with Gasteiger partial charge in [0.05, 0.1) is 26.1 Å². The minimum Gasteiger partial charge on any atom is -0.497 e. The van der Waals surface area contributed by atoms with Crippen LogP contribution in [0.2, 0.25) is 0 Å². The van der Waals surface area contributed by atoms with Crippen LogP contribution in [-0.4, -0.2) is 49.4 Å². The molecule has 1 aromatic heterocycles. The second-order valence-electron chi connectivity index (χ2n) is 8.47. The van der Waals surface area contributed by atoms with Gasteiger partial charge in [0.15, 0.2) is 0 Å². The van der Waals surface area contributed by atoms with Gasteiger partial charge >= 0.3 is 5.97 Å². The van der Waals surface area contributed by atoms with Gasteiger partial charge in [0, 0.05) is 11.6 Å². The van der Waals surface area contributed by atoms with E-state index in [1.54, 1.807) is 19.2 Å². The zero-order chi connectivity index (χ0) is 27.5. The number of nitrogens with zero attached hydrogens (tertiary/aromatic N) is 1. The average Bonchev–Trinajstić information content (AvgIpc) is 2.90. The number of rotatable bonds is 14. The summed E-state index contributed by atoms with van der Waals surface area (Å²) in [6, 6.07) is 15.5. The first kappa shape index (κ1) is 28.8. The molecule has 0 amide bonds. The molecule has 2 aromatic carbocycles. The second-order valence-corrected chi connectivity index (χ2v) is 9.82. The molecule has 0 saturated heterocycles. The molecule has 2 N–H and O–H groups in total. The third-order valence-electron chi connectivity index (χ3n) is 5.76. The van der Waals surface area contributed by atoms with E-state index in [9.17, 15) is 22.2 Å². The number of carboxylic acid groups (broad SMARTS) is 1. The van der Waals surface area contributed by atoms with Crippen LogP contribution in [0.25, 0.3) is 17.3 Å². The summed E-state index contributed by atoms with van der Waals surface area (Å²) in [4.78, 5) is 15.2. The SMILES string of the molecule is COc1ccc(CCCCOc2ccc(-c3cccc(CCCF)c3S(=O)(=O)O)nc2/C=C/C(=O)O)cc1. The number of hydrogen-bond acceptors (Lipinski definition) is 6. The first-order valence-corrected chi connectivity index (χ1v) is 13.5. The van der Waals surface area contributed by atoms with Crippen molar-refractivity contribution in [2.75, 3.05) is 20.4 Å². The molecular formula is C28H30FNO7S. The molecule has 38 heavy (non-hydrogen) atoms. The van der Waals surface area contributed by atoms with E-state index in [4.69, 9.17) is 14.6 Å². The van der Waals surface area contributed by atoms with E-state index in [2.05, 4.69) is 4.98 Å². The van der Waals surface area contributed by atoms with Gasteiger partial charge in [-0.1, -0.05) is 30.3 Å². The predicted octanol–water partition coefficient (Wildman–Crippen LogP) is 5.41. The number of halogens is 1. The molecule has 8 nitrogen and oxygen atoms in total. The van der Waals surface area contributed by atoms with Crippen molar-refractivity contribution < 1.29 is 36.7 Å². The van der Waals surface area contributed by atoms with Crippen LogP contribution < -0.4 is 9.47 Å². The largest absolute Gasteiger partial charge is 0.497 e. The summed E-state index contributed by atoms with van der Waals surface area (Å²) in [5, 5.41) is 9.10. The van der Waals surface area contributed by atoms with Crippen LogP contribution in [0.15, 0.2) is 65.6 Å². The van der Waals surface area contributed by atoms with E-state index < -0.39 is 22.8 Å². The Morgan fingerprint density at radius 1 is 1.03 bits per heavy atom. The van der Waals surface area contributed by atoms with Crippen molar-refractivity contribution in [3.8, 4) is 22.8 Å². The molecular weight excluding hydrogens is 513 g/mol. The van der Waals surface area contributed by atoms with Crippen molar-refractivity contribution in [1.82, 2.24) is 4.98 Å². The van der Waals surface area contributed by atoms with Crippen molar-refractivity contribution in [2.45, 2.75) is 37.0 Å². The number of benzene rings is 2. The van der Waals surface area contributed by atoms with Crippen molar-refractivity contribution in [1.29, 1.82) is 0 Å². The van der Waals surface area contributed by atoms with Crippen molar-refractivity contribution in [3.63, 3.8) is 0 Å². The molecule has 0 unspecified atom stereocenters. The van der Waals surface area contributed by atoms with Gasteiger partial charge < -0.3 is 14.6 Å². The Kier molecular flexibility index (Phi) is 10.4. The third-order valence-corrected chi connectivity index (χ3v) is 6.75. The van der Waals surface area contributed by atoms with Gasteiger partial charge in [0.2, 0.25) is 0 Å². The smallest absolute Gasteiger partial charge is 0.328 e. The molecule has 0 aliphatic rings. The van der Waals surface area contributed by atoms with Crippen LogP contribution in [-0.2, 0) is 27.8 Å². The van der Waals surface area contributed by atoms with Crippen molar-refractivity contribution in [3.05, 3.63) is 77.5 Å². The maximum atomic E-state index is 12.7. The molecule has 0 atom stereocenters. The normalized spacial score (nSPS) is 11.6. The first-order valence-electron chi connectivity index (χ1n) is 12.1. The Labute approximate surface area is 221 Å². The third kappa shape index (κ3) is 8.12. The summed E-state index contributed by atoms with van der Waals surface area (Å²) in [5.74, 6) is -0.0580. The zero-order valence-electron chi connectivity index (χ0n) is 21.0. The number of pyridine rings is 1. The Balaban J connectivity index is 1.81. The number of alkyl halides is 1. The highest BCUT2D eigenvalue weighted by Crippen LogP contribution is 2.32. The van der Waals surface area contributed by atoms with Gasteiger partial charge in [-0.15, -0.1) is 0 Å². The van der Waals surface area contributed by atoms with Crippen molar-refractivity contribution in [2.24, 2.45) is 0 Å². The molecule has 0 radical (unpaired) electrons. The molecule has 3 rings (SSSR count). The highest BCUT2D eigenvalue weighted by molar-refractivity contribution is 7.86. The molecule has 0 fully saturated rings. The summed E-state index contributed by atoms with van der Waals surface area (Å²) in [6.45, 7) is -0.274. The standard InChI is InChI=1S/C28H30FNO7S/c1-36-22-12-10-20(11-13-22)6-2-3-19-37-26-16-14-24(30-25(26)15-17-27(31)32)23-9-4-7-21(8-5-18-29)28(23)38(33,34)35/h4,7,9-17H,2-3,5-6,8,18-19H2,1H3,(H,31,32)(H,33,34,35)/b17-15+. The van der Waals surface area contributed by atoms with Crippen LogP contribution >= 0.6 is 0 Å². The molecule has 10 heteroatoms. The van der Waals surface area contributed by atoms with E-state index in [1.165, 1.54) is 29.8 Å². The first-order chi connectivity index (χ1) is 18.2. The molecule has 202 valence electrons. The Morgan fingerprint density at radius 2 is 1.79 bits per heavy atom. The summed E-state index contributed by atoms with van der Waals surface area (Å²) < 4.78 is 58.1. The number of aryl methyl sites for hydroxylation is 2. The number of aromatic nitrogens is 1. The maximum absolute atomic E-state index is 12.7. The Bertz CT molecular complexity index is 1370. The van der Waals surface area contributed by atoms with Crippen LogP contribution in [0.1, 0.15) is 36.1 Å². The zero-order valence-corrected chi connectivity index (χ0v) is 21.8. The van der Waals surface area contributed by atoms with E-state index in [1.807, 2.05) is 24.3 Å². The predicted molar refractivity (Wildman–Crippen MR) is 142 cm³/mol. The van der Waals surface area contributed by atoms with E-state index in [0.29, 0.717) is 12.4 Å². The lowest BCUT2D eigenvalue weighted by atomic mass is 10.0. The number of hydrogen-bond donors (Lipinski definition) is 2. The minimum absolute atomic E-state index is 0.0945. The minimum atomic E-state index is -4.65. The molecule has 0 spiro atoms. The topological polar surface area (TPSA) is 123 Å². The highest BCUT2D eigenvalue weighted by Gasteiger charge is 2.22. The van der Waals surface area contributed by atoms with E-state index in [-0.39, 0.29) is 40.3 Å². The van der Waals surface area contributed by atoms with Crippen LogP contribution in [0.4, 0.5) is 4.39 Å². The van der Waals surface area contributed by atoms with Crippen LogP contribution in [0.5, 0.6) is 11.5 Å². The van der Waals surface area contributed by atoms with Crippen LogP contribution in [0, 0.1) is 0 Å². The van der Waals surface area contributed by atoms with E-state index in [0.717, 1.165) is 31.1 Å². The summed E-state index contributed by atoms with van der Waals surface area (Å²) >= 11 is 0. The molecule has 0 aliphatic heterocycles. The summed E-state index contributed by atoms with van der Waals surface area (Å²) in [7, 11) is -3.03. The molecule has 0 aliphatic carbocycles. The summed E-state index contributed by atoms with van der Waals surface area (Å²) in [5.41, 5.74) is 1.95. The number of methoxy groups -OCH3 is 1. The van der Waals surface area contributed by atoms with Gasteiger partial charge in [-0.05, 0) is 73.6 Å². The fraction of sp³-hybridized carbons (Fsp3) is 0.286. The Morgan fingerprint density at radius 3 is 2.45 bits per heavy atom. The van der Waals surface area contributed by atoms with Crippen molar-refractivity contribution >= 4 is 22.2 Å². The van der Waals surface area contributed by atoms with Gasteiger partial charge in [0.25, 0.3) is 10.1 Å². The monoisotopic (exact) mass is 543 g/mol. The van der Waals surface area contributed by atoms with Gasteiger partial charge in [-0.2, -0.15) is 8.42 Å². The number of aliphatic carboxylic acids is 1. The fourth-order valence-electron chi connectivity index (χ4n) is 3.95. The number of unbranched alkanes of at least 4 members (excludes halogenated alkanes) is 1. The quantitative estimate of drug-likeness (QED) is 0.157. The lowest BCUT2D eigenvalue weighted by Gasteiger charge is -2.14. The van der Waals surface area contributed by atoms with E-state index >= 15 is 0 Å². The van der Waals surface area contributed by atoms with Crippen LogP contribution in [0.3, 0.4) is 0 Å². The number of carbonyl (C=O) groups is 1. The molecule has 0 bridgehead atoms. The summed E-state index contributed by atoms with van der Waals surface area (Å²) in [6.07, 6.45) is 4.83. The molecule has 3 aromatic rings. The number of carboxylic acids is 1.